The van der Waals surface area contributed by atoms with E-state index in [4.69, 9.17) is 4.74 Å². The molecule has 4 heteroatoms. The van der Waals surface area contributed by atoms with Crippen LogP contribution in [-0.4, -0.2) is 17.1 Å². The first kappa shape index (κ1) is 13.5. The number of aromatic nitrogens is 1. The Labute approximate surface area is 101 Å². The molecule has 17 heavy (non-hydrogen) atoms. The standard InChI is InChI=1S/C13H19NO3/c1-3-4-5-9-17-13(16)10-14-11(2)7-6-8-12(14)15/h6-8H,3-5,9-10H2,1-2H3. The van der Waals surface area contributed by atoms with Crippen LogP contribution in [0.3, 0.4) is 0 Å². The molecule has 0 amide bonds. The van der Waals surface area contributed by atoms with Crippen molar-refractivity contribution in [2.45, 2.75) is 39.7 Å². The third-order valence-corrected chi connectivity index (χ3v) is 2.57. The largest absolute Gasteiger partial charge is 0.464 e. The number of aryl methyl sites for hydroxylation is 1. The highest BCUT2D eigenvalue weighted by molar-refractivity contribution is 5.69. The van der Waals surface area contributed by atoms with Crippen LogP contribution in [0.1, 0.15) is 31.9 Å². The summed E-state index contributed by atoms with van der Waals surface area (Å²) in [4.78, 5) is 23.0. The molecule has 0 atom stereocenters. The minimum absolute atomic E-state index is 0.00235. The van der Waals surface area contributed by atoms with Gasteiger partial charge in [0.15, 0.2) is 0 Å². The molecule has 0 saturated carbocycles. The fourth-order valence-corrected chi connectivity index (χ4v) is 1.54. The Bertz CT molecular complexity index is 423. The molecule has 0 N–H and O–H groups in total. The van der Waals surface area contributed by atoms with Gasteiger partial charge in [-0.15, -0.1) is 0 Å². The predicted molar refractivity (Wildman–Crippen MR) is 65.9 cm³/mol. The molecule has 0 saturated heterocycles. The van der Waals surface area contributed by atoms with Crippen LogP contribution in [0.5, 0.6) is 0 Å². The fraction of sp³-hybridized carbons (Fsp3) is 0.538. The van der Waals surface area contributed by atoms with Gasteiger partial charge in [-0.25, -0.2) is 0 Å². The Balaban J connectivity index is 2.48. The molecule has 0 spiro atoms. The van der Waals surface area contributed by atoms with Gasteiger partial charge in [0.25, 0.3) is 5.56 Å². The van der Waals surface area contributed by atoms with Crippen molar-refractivity contribution in [2.75, 3.05) is 6.61 Å². The van der Waals surface area contributed by atoms with Gasteiger partial charge >= 0.3 is 5.97 Å². The van der Waals surface area contributed by atoms with Crippen molar-refractivity contribution in [3.63, 3.8) is 0 Å². The number of carbonyl (C=O) groups is 1. The first-order valence-electron chi connectivity index (χ1n) is 5.97. The summed E-state index contributed by atoms with van der Waals surface area (Å²) in [6, 6.07) is 4.92. The number of hydrogen-bond donors (Lipinski definition) is 0. The van der Waals surface area contributed by atoms with E-state index in [0.29, 0.717) is 6.61 Å². The van der Waals surface area contributed by atoms with E-state index in [1.807, 2.05) is 0 Å². The van der Waals surface area contributed by atoms with E-state index in [-0.39, 0.29) is 18.1 Å². The summed E-state index contributed by atoms with van der Waals surface area (Å²) in [5, 5.41) is 0. The van der Waals surface area contributed by atoms with Crippen LogP contribution >= 0.6 is 0 Å². The highest BCUT2D eigenvalue weighted by Crippen LogP contribution is 1.97. The van der Waals surface area contributed by atoms with E-state index in [9.17, 15) is 9.59 Å². The summed E-state index contributed by atoms with van der Waals surface area (Å²) >= 11 is 0. The van der Waals surface area contributed by atoms with Gasteiger partial charge in [-0.3, -0.25) is 9.59 Å². The maximum atomic E-state index is 11.5. The lowest BCUT2D eigenvalue weighted by molar-refractivity contribution is -0.144. The molecule has 0 aliphatic rings. The van der Waals surface area contributed by atoms with Gasteiger partial charge in [-0.2, -0.15) is 0 Å². The minimum Gasteiger partial charge on any atom is -0.464 e. The van der Waals surface area contributed by atoms with Crippen LogP contribution < -0.4 is 5.56 Å². The number of esters is 1. The molecule has 0 radical (unpaired) electrons. The van der Waals surface area contributed by atoms with E-state index in [0.717, 1.165) is 25.0 Å². The molecule has 1 aromatic rings. The molecule has 0 fully saturated rings. The zero-order valence-electron chi connectivity index (χ0n) is 10.4. The molecule has 4 nitrogen and oxygen atoms in total. The third kappa shape index (κ3) is 4.43. The zero-order valence-corrected chi connectivity index (χ0v) is 10.4. The molecule has 0 aliphatic heterocycles. The maximum Gasteiger partial charge on any atom is 0.326 e. The van der Waals surface area contributed by atoms with Crippen molar-refractivity contribution in [3.8, 4) is 0 Å². The molecule has 0 aromatic carbocycles. The lowest BCUT2D eigenvalue weighted by Crippen LogP contribution is -2.26. The average Bonchev–Trinajstić information content (AvgIpc) is 2.30. The van der Waals surface area contributed by atoms with Crippen molar-refractivity contribution in [2.24, 2.45) is 0 Å². The van der Waals surface area contributed by atoms with Gasteiger partial charge in [0.05, 0.1) is 6.61 Å². The van der Waals surface area contributed by atoms with E-state index in [1.54, 1.807) is 19.1 Å². The van der Waals surface area contributed by atoms with Crippen LogP contribution in [0.2, 0.25) is 0 Å². The molecule has 0 bridgehead atoms. The average molecular weight is 237 g/mol. The molecule has 1 rings (SSSR count). The summed E-state index contributed by atoms with van der Waals surface area (Å²) in [6.45, 7) is 4.32. The first-order chi connectivity index (χ1) is 8.15. The maximum absolute atomic E-state index is 11.5. The summed E-state index contributed by atoms with van der Waals surface area (Å²) in [6.07, 6.45) is 3.03. The molecule has 0 unspecified atom stereocenters. The summed E-state index contributed by atoms with van der Waals surface area (Å²) in [5.41, 5.74) is 0.596. The smallest absolute Gasteiger partial charge is 0.326 e. The third-order valence-electron chi connectivity index (χ3n) is 2.57. The molecular weight excluding hydrogens is 218 g/mol. The molecule has 0 aliphatic carbocycles. The van der Waals surface area contributed by atoms with Crippen molar-refractivity contribution in [3.05, 3.63) is 34.2 Å². The van der Waals surface area contributed by atoms with Crippen molar-refractivity contribution >= 4 is 5.97 Å². The summed E-state index contributed by atoms with van der Waals surface area (Å²) in [7, 11) is 0. The van der Waals surface area contributed by atoms with Gasteiger partial charge < -0.3 is 9.30 Å². The van der Waals surface area contributed by atoms with Crippen molar-refractivity contribution < 1.29 is 9.53 Å². The zero-order chi connectivity index (χ0) is 12.7. The Morgan fingerprint density at radius 2 is 2.12 bits per heavy atom. The number of hydrogen-bond acceptors (Lipinski definition) is 3. The van der Waals surface area contributed by atoms with Gasteiger partial charge in [0, 0.05) is 11.8 Å². The molecule has 1 heterocycles. The molecule has 1 aromatic heterocycles. The fourth-order valence-electron chi connectivity index (χ4n) is 1.54. The monoisotopic (exact) mass is 237 g/mol. The second kappa shape index (κ2) is 6.89. The quantitative estimate of drug-likeness (QED) is 0.560. The van der Waals surface area contributed by atoms with Crippen LogP contribution in [0.25, 0.3) is 0 Å². The number of rotatable bonds is 6. The van der Waals surface area contributed by atoms with Gasteiger partial charge in [0.1, 0.15) is 6.54 Å². The van der Waals surface area contributed by atoms with E-state index < -0.39 is 0 Å². The Morgan fingerprint density at radius 3 is 2.76 bits per heavy atom. The van der Waals surface area contributed by atoms with Gasteiger partial charge in [-0.05, 0) is 19.4 Å². The molecular formula is C13H19NO3. The Morgan fingerprint density at radius 1 is 1.35 bits per heavy atom. The Hall–Kier alpha value is -1.58. The lowest BCUT2D eigenvalue weighted by atomic mass is 10.3. The van der Waals surface area contributed by atoms with Crippen LogP contribution in [0.15, 0.2) is 23.0 Å². The SMILES string of the molecule is CCCCCOC(=O)Cn1c(C)cccc1=O. The second-order valence-corrected chi connectivity index (χ2v) is 4.02. The van der Waals surface area contributed by atoms with Crippen LogP contribution in [-0.2, 0) is 16.1 Å². The second-order valence-electron chi connectivity index (χ2n) is 4.02. The predicted octanol–water partition coefficient (Wildman–Crippen LogP) is 1.89. The van der Waals surface area contributed by atoms with Gasteiger partial charge in [-0.1, -0.05) is 25.8 Å². The van der Waals surface area contributed by atoms with Crippen molar-refractivity contribution in [1.29, 1.82) is 0 Å². The number of pyridine rings is 1. The van der Waals surface area contributed by atoms with E-state index >= 15 is 0 Å². The normalized spacial score (nSPS) is 10.2. The van der Waals surface area contributed by atoms with Crippen LogP contribution in [0, 0.1) is 6.92 Å². The summed E-state index contributed by atoms with van der Waals surface area (Å²) in [5.74, 6) is -0.350. The highest BCUT2D eigenvalue weighted by atomic mass is 16.5. The van der Waals surface area contributed by atoms with Gasteiger partial charge in [0.2, 0.25) is 0 Å². The number of ether oxygens (including phenoxy) is 1. The minimum atomic E-state index is -0.350. The molecule has 94 valence electrons. The number of unbranched alkanes of at least 4 members (excludes halogenated alkanes) is 2. The number of carbonyl (C=O) groups excluding carboxylic acids is 1. The van der Waals surface area contributed by atoms with E-state index in [1.165, 1.54) is 10.6 Å². The topological polar surface area (TPSA) is 48.3 Å². The Kier molecular flexibility index (Phi) is 5.46. The lowest BCUT2D eigenvalue weighted by Gasteiger charge is -2.09. The first-order valence-corrected chi connectivity index (χ1v) is 5.97. The number of nitrogens with zero attached hydrogens (tertiary/aromatic N) is 1. The summed E-state index contributed by atoms with van der Waals surface area (Å²) < 4.78 is 6.48. The van der Waals surface area contributed by atoms with E-state index in [2.05, 4.69) is 6.92 Å². The van der Waals surface area contributed by atoms with Crippen molar-refractivity contribution in [1.82, 2.24) is 4.57 Å². The van der Waals surface area contributed by atoms with Crippen LogP contribution in [0.4, 0.5) is 0 Å². The highest BCUT2D eigenvalue weighted by Gasteiger charge is 2.07.